The molecule has 2 heterocycles. The van der Waals surface area contributed by atoms with E-state index in [9.17, 15) is 9.90 Å². The van der Waals surface area contributed by atoms with Gasteiger partial charge in [0.15, 0.2) is 0 Å². The predicted molar refractivity (Wildman–Crippen MR) is 88.2 cm³/mol. The summed E-state index contributed by atoms with van der Waals surface area (Å²) in [4.78, 5) is 13.8. The van der Waals surface area contributed by atoms with E-state index in [1.165, 1.54) is 0 Å². The Morgan fingerprint density at radius 1 is 1.48 bits per heavy atom. The molecule has 1 aliphatic rings. The number of aromatic nitrogens is 2. The summed E-state index contributed by atoms with van der Waals surface area (Å²) < 4.78 is 7.28. The Morgan fingerprint density at radius 2 is 2.17 bits per heavy atom. The number of ether oxygens (including phenoxy) is 1. The predicted octanol–water partition coefficient (Wildman–Crippen LogP) is 2.62. The number of hydrogen-bond donors (Lipinski definition) is 1. The summed E-state index contributed by atoms with van der Waals surface area (Å²) in [5.74, 6) is 0.0757. The molecule has 1 amide bonds. The maximum atomic E-state index is 12.1. The van der Waals surface area contributed by atoms with E-state index in [0.717, 1.165) is 12.1 Å². The lowest BCUT2D eigenvalue weighted by Crippen LogP contribution is -2.36. The Morgan fingerprint density at radius 3 is 2.74 bits per heavy atom. The van der Waals surface area contributed by atoms with Crippen molar-refractivity contribution in [3.63, 3.8) is 0 Å². The van der Waals surface area contributed by atoms with Crippen molar-refractivity contribution in [1.82, 2.24) is 14.7 Å². The first-order chi connectivity index (χ1) is 10.7. The van der Waals surface area contributed by atoms with Gasteiger partial charge in [0.1, 0.15) is 5.60 Å². The molecule has 0 aliphatic carbocycles. The van der Waals surface area contributed by atoms with Crippen molar-refractivity contribution in [2.75, 3.05) is 13.1 Å². The number of amides is 1. The molecule has 6 nitrogen and oxygen atoms in total. The van der Waals surface area contributed by atoms with Gasteiger partial charge in [-0.3, -0.25) is 4.68 Å². The van der Waals surface area contributed by atoms with Gasteiger partial charge >= 0.3 is 6.09 Å². The zero-order valence-corrected chi connectivity index (χ0v) is 14.8. The Balaban J connectivity index is 1.86. The van der Waals surface area contributed by atoms with E-state index in [0.29, 0.717) is 25.6 Å². The summed E-state index contributed by atoms with van der Waals surface area (Å²) in [6.45, 7) is 10.9. The fourth-order valence-corrected chi connectivity index (χ4v) is 2.75. The van der Waals surface area contributed by atoms with Crippen LogP contribution in [0.5, 0.6) is 0 Å². The van der Waals surface area contributed by atoms with Crippen molar-refractivity contribution in [2.24, 2.45) is 5.92 Å². The highest BCUT2D eigenvalue weighted by Crippen LogP contribution is 2.24. The summed E-state index contributed by atoms with van der Waals surface area (Å²) in [5.41, 5.74) is 0.402. The molecule has 0 spiro atoms. The molecular weight excluding hydrogens is 294 g/mol. The third-order valence-electron chi connectivity index (χ3n) is 4.03. The molecule has 0 aromatic carbocycles. The Labute approximate surface area is 138 Å². The second-order valence-electron chi connectivity index (χ2n) is 7.63. The number of hydrogen-bond acceptors (Lipinski definition) is 4. The highest BCUT2D eigenvalue weighted by molar-refractivity contribution is 5.68. The fraction of sp³-hybridized carbons (Fsp3) is 0.765. The number of rotatable bonds is 4. The molecule has 1 aromatic heterocycles. The minimum atomic E-state index is -0.489. The van der Waals surface area contributed by atoms with Crippen molar-refractivity contribution < 1.29 is 14.6 Å². The smallest absolute Gasteiger partial charge is 0.410 e. The summed E-state index contributed by atoms with van der Waals surface area (Å²) in [5, 5.41) is 14.9. The maximum absolute atomic E-state index is 12.1. The lowest BCUT2D eigenvalue weighted by atomic mass is 9.98. The van der Waals surface area contributed by atoms with Gasteiger partial charge in [0.2, 0.25) is 0 Å². The molecule has 6 heteroatoms. The van der Waals surface area contributed by atoms with Crippen molar-refractivity contribution in [3.8, 4) is 0 Å². The normalized spacial score (nSPS) is 20.1. The third kappa shape index (κ3) is 4.96. The first-order valence-corrected chi connectivity index (χ1v) is 8.35. The monoisotopic (exact) mass is 323 g/mol. The van der Waals surface area contributed by atoms with Crippen LogP contribution < -0.4 is 0 Å². The van der Waals surface area contributed by atoms with Crippen LogP contribution in [-0.2, 0) is 11.2 Å². The maximum Gasteiger partial charge on any atom is 0.410 e. The van der Waals surface area contributed by atoms with Gasteiger partial charge in [-0.1, -0.05) is 0 Å². The van der Waals surface area contributed by atoms with E-state index >= 15 is 0 Å². The molecule has 1 saturated heterocycles. The number of aliphatic hydroxyl groups is 1. The van der Waals surface area contributed by atoms with Crippen LogP contribution in [0.1, 0.15) is 52.8 Å². The molecule has 0 radical (unpaired) electrons. The summed E-state index contributed by atoms with van der Waals surface area (Å²) in [6, 6.07) is 2.26. The second-order valence-corrected chi connectivity index (χ2v) is 7.63. The quantitative estimate of drug-likeness (QED) is 0.925. The lowest BCUT2D eigenvalue weighted by molar-refractivity contribution is 0.0269. The first-order valence-electron chi connectivity index (χ1n) is 8.35. The van der Waals surface area contributed by atoms with Crippen molar-refractivity contribution in [3.05, 3.63) is 18.0 Å². The van der Waals surface area contributed by atoms with Crippen LogP contribution in [-0.4, -0.2) is 50.7 Å². The molecular formula is C17H29N3O3. The molecule has 130 valence electrons. The topological polar surface area (TPSA) is 67.6 Å². The zero-order chi connectivity index (χ0) is 17.2. The van der Waals surface area contributed by atoms with Crippen molar-refractivity contribution >= 4 is 6.09 Å². The average Bonchev–Trinajstić information content (AvgIpc) is 3.05. The van der Waals surface area contributed by atoms with E-state index < -0.39 is 11.7 Å². The SMILES string of the molecule is CC(C)n1ccc(CC(O)C2CCN(C(=O)OC(C)(C)C)C2)n1. The van der Waals surface area contributed by atoms with Crippen LogP contribution in [0.15, 0.2) is 12.3 Å². The Hall–Kier alpha value is -1.56. The summed E-state index contributed by atoms with van der Waals surface area (Å²) in [6.07, 6.45) is 2.47. The van der Waals surface area contributed by atoms with Crippen LogP contribution in [0, 0.1) is 5.92 Å². The minimum absolute atomic E-state index is 0.0757. The van der Waals surface area contributed by atoms with Gasteiger partial charge in [0.05, 0.1) is 11.8 Å². The molecule has 0 bridgehead atoms. The number of likely N-dealkylation sites (tertiary alicyclic amines) is 1. The van der Waals surface area contributed by atoms with Gasteiger partial charge in [-0.25, -0.2) is 4.79 Å². The van der Waals surface area contributed by atoms with Gasteiger partial charge < -0.3 is 14.7 Å². The van der Waals surface area contributed by atoms with Crippen LogP contribution in [0.25, 0.3) is 0 Å². The zero-order valence-electron chi connectivity index (χ0n) is 14.8. The second kappa shape index (κ2) is 6.91. The van der Waals surface area contributed by atoms with Gasteiger partial charge in [-0.2, -0.15) is 5.10 Å². The van der Waals surface area contributed by atoms with Crippen LogP contribution >= 0.6 is 0 Å². The van der Waals surface area contributed by atoms with Crippen LogP contribution in [0.2, 0.25) is 0 Å². The lowest BCUT2D eigenvalue weighted by Gasteiger charge is -2.25. The van der Waals surface area contributed by atoms with Gasteiger partial charge in [-0.15, -0.1) is 0 Å². The van der Waals surface area contributed by atoms with Gasteiger partial charge in [0, 0.05) is 37.7 Å². The third-order valence-corrected chi connectivity index (χ3v) is 4.03. The van der Waals surface area contributed by atoms with E-state index in [2.05, 4.69) is 18.9 Å². The number of aliphatic hydroxyl groups excluding tert-OH is 1. The van der Waals surface area contributed by atoms with Gasteiger partial charge in [0.25, 0.3) is 0 Å². The van der Waals surface area contributed by atoms with E-state index in [1.807, 2.05) is 37.7 Å². The minimum Gasteiger partial charge on any atom is -0.444 e. The molecule has 1 N–H and O–H groups in total. The summed E-state index contributed by atoms with van der Waals surface area (Å²) in [7, 11) is 0. The molecule has 0 saturated carbocycles. The number of nitrogens with zero attached hydrogens (tertiary/aromatic N) is 3. The number of carbonyl (C=O) groups is 1. The average molecular weight is 323 g/mol. The molecule has 1 fully saturated rings. The first kappa shape index (κ1) is 17.8. The van der Waals surface area contributed by atoms with Crippen LogP contribution in [0.3, 0.4) is 0 Å². The van der Waals surface area contributed by atoms with Crippen LogP contribution in [0.4, 0.5) is 4.79 Å². The molecule has 2 rings (SSSR count). The van der Waals surface area contributed by atoms with Crippen molar-refractivity contribution in [1.29, 1.82) is 0 Å². The largest absolute Gasteiger partial charge is 0.444 e. The highest BCUT2D eigenvalue weighted by Gasteiger charge is 2.33. The van der Waals surface area contributed by atoms with Crippen molar-refractivity contribution in [2.45, 2.75) is 65.2 Å². The Bertz CT molecular complexity index is 533. The molecule has 1 aromatic rings. The molecule has 23 heavy (non-hydrogen) atoms. The Kier molecular flexibility index (Phi) is 5.34. The molecule has 2 atom stereocenters. The highest BCUT2D eigenvalue weighted by atomic mass is 16.6. The fourth-order valence-electron chi connectivity index (χ4n) is 2.75. The van der Waals surface area contributed by atoms with Gasteiger partial charge in [-0.05, 0) is 47.1 Å². The van der Waals surface area contributed by atoms with E-state index in [4.69, 9.17) is 4.74 Å². The summed E-state index contributed by atoms with van der Waals surface area (Å²) >= 11 is 0. The standard InChI is InChI=1S/C17H29N3O3/c1-12(2)20-9-7-14(18-20)10-15(21)13-6-8-19(11-13)16(22)23-17(3,4)5/h7,9,12-13,15,21H,6,8,10-11H2,1-5H3. The molecule has 2 unspecified atom stereocenters. The number of carbonyl (C=O) groups excluding carboxylic acids is 1. The van der Waals surface area contributed by atoms with E-state index in [-0.39, 0.29) is 12.0 Å². The molecule has 1 aliphatic heterocycles. The van der Waals surface area contributed by atoms with E-state index in [1.54, 1.807) is 4.90 Å².